The van der Waals surface area contributed by atoms with Crippen molar-refractivity contribution in [3.8, 4) is 5.75 Å². The number of nitrogens with zero attached hydrogens (tertiary/aromatic N) is 1. The first-order valence-corrected chi connectivity index (χ1v) is 11.5. The number of rotatable bonds is 5. The van der Waals surface area contributed by atoms with Gasteiger partial charge in [0.2, 0.25) is 10.0 Å². The summed E-state index contributed by atoms with van der Waals surface area (Å²) in [6.45, 7) is 0.599. The number of halogens is 1. The van der Waals surface area contributed by atoms with Crippen LogP contribution in [0.25, 0.3) is 0 Å². The Morgan fingerprint density at radius 3 is 2.59 bits per heavy atom. The number of benzene rings is 2. The third-order valence-corrected chi connectivity index (χ3v) is 7.40. The summed E-state index contributed by atoms with van der Waals surface area (Å²) >= 11 is 3.50. The van der Waals surface area contributed by atoms with Gasteiger partial charge in [0.05, 0.1) is 17.3 Å². The molecule has 7 heteroatoms. The highest BCUT2D eigenvalue weighted by atomic mass is 79.9. The van der Waals surface area contributed by atoms with Crippen molar-refractivity contribution in [2.75, 3.05) is 18.6 Å². The normalized spacial score (nSPS) is 21.4. The van der Waals surface area contributed by atoms with Crippen molar-refractivity contribution in [1.29, 1.82) is 0 Å². The fourth-order valence-electron chi connectivity index (χ4n) is 3.59. The van der Waals surface area contributed by atoms with Gasteiger partial charge in [0.1, 0.15) is 10.6 Å². The fourth-order valence-corrected chi connectivity index (χ4v) is 5.55. The largest absolute Gasteiger partial charge is 0.496 e. The minimum Gasteiger partial charge on any atom is -0.496 e. The topological polar surface area (TPSA) is 58.6 Å². The lowest BCUT2D eigenvalue weighted by Crippen LogP contribution is -2.39. The average molecular weight is 451 g/mol. The highest BCUT2D eigenvalue weighted by Crippen LogP contribution is 2.41. The fraction of sp³-hybridized carbons (Fsp3) is 0.400. The van der Waals surface area contributed by atoms with Crippen molar-refractivity contribution < 1.29 is 13.2 Å². The Balaban J connectivity index is 1.80. The van der Waals surface area contributed by atoms with Crippen molar-refractivity contribution in [3.63, 3.8) is 0 Å². The summed E-state index contributed by atoms with van der Waals surface area (Å²) in [5.41, 5.74) is 1.64. The summed E-state index contributed by atoms with van der Waals surface area (Å²) < 4.78 is 35.2. The molecule has 0 radical (unpaired) electrons. The Bertz CT molecular complexity index is 930. The maximum Gasteiger partial charge on any atom is 0.243 e. The van der Waals surface area contributed by atoms with Crippen LogP contribution in [0.2, 0.25) is 0 Å². The molecule has 0 saturated heterocycles. The molecule has 2 aliphatic rings. The number of sulfonamides is 1. The monoisotopic (exact) mass is 450 g/mol. The molecule has 1 unspecified atom stereocenters. The van der Waals surface area contributed by atoms with Crippen LogP contribution in [0.1, 0.15) is 25.7 Å². The first-order chi connectivity index (χ1) is 13.0. The molecule has 1 heterocycles. The molecule has 2 aromatic rings. The van der Waals surface area contributed by atoms with Gasteiger partial charge >= 0.3 is 0 Å². The second-order valence-corrected chi connectivity index (χ2v) is 9.78. The van der Waals surface area contributed by atoms with Gasteiger partial charge in [-0.25, -0.2) is 13.1 Å². The van der Waals surface area contributed by atoms with Gasteiger partial charge in [0.15, 0.2) is 0 Å². The van der Waals surface area contributed by atoms with E-state index in [4.69, 9.17) is 4.74 Å². The number of anilines is 2. The molecule has 1 saturated carbocycles. The number of hydrogen-bond acceptors (Lipinski definition) is 4. The Kier molecular flexibility index (Phi) is 5.18. The van der Waals surface area contributed by atoms with E-state index in [2.05, 4.69) is 25.6 Å². The number of methoxy groups -OCH3 is 1. The predicted octanol–water partition coefficient (Wildman–Crippen LogP) is 4.45. The van der Waals surface area contributed by atoms with E-state index in [0.29, 0.717) is 18.0 Å². The zero-order valence-electron chi connectivity index (χ0n) is 15.2. The van der Waals surface area contributed by atoms with E-state index in [-0.39, 0.29) is 10.9 Å². The molecule has 0 amide bonds. The molecule has 144 valence electrons. The molecule has 0 spiro atoms. The van der Waals surface area contributed by atoms with Crippen LogP contribution in [0.4, 0.5) is 11.4 Å². The van der Waals surface area contributed by atoms with Crippen LogP contribution < -0.4 is 14.4 Å². The molecule has 4 rings (SSSR count). The lowest BCUT2D eigenvalue weighted by molar-refractivity contribution is 0.411. The molecule has 1 atom stereocenters. The van der Waals surface area contributed by atoms with Gasteiger partial charge < -0.3 is 9.64 Å². The smallest absolute Gasteiger partial charge is 0.243 e. The van der Waals surface area contributed by atoms with Gasteiger partial charge in [-0.15, -0.1) is 0 Å². The molecule has 0 bridgehead atoms. The Morgan fingerprint density at radius 2 is 1.93 bits per heavy atom. The molecule has 0 aromatic heterocycles. The molecule has 27 heavy (non-hydrogen) atoms. The SMILES string of the molecule is COc1cc2c(cc1Br)N(c1ccccc1)CC(CCC1CC1)NS2(=O)=O. The van der Waals surface area contributed by atoms with Crippen molar-refractivity contribution in [3.05, 3.63) is 46.9 Å². The van der Waals surface area contributed by atoms with Gasteiger partial charge in [-0.05, 0) is 52.9 Å². The molecule has 1 aliphatic heterocycles. The van der Waals surface area contributed by atoms with E-state index in [9.17, 15) is 8.42 Å². The quantitative estimate of drug-likeness (QED) is 0.730. The summed E-state index contributed by atoms with van der Waals surface area (Å²) in [6.07, 6.45) is 4.46. The molecular formula is C20H23BrN2O3S. The van der Waals surface area contributed by atoms with E-state index in [1.165, 1.54) is 20.0 Å². The maximum absolute atomic E-state index is 13.1. The van der Waals surface area contributed by atoms with Gasteiger partial charge in [-0.3, -0.25) is 0 Å². The minimum atomic E-state index is -3.64. The number of para-hydroxylation sites is 1. The summed E-state index contributed by atoms with van der Waals surface area (Å²) in [5, 5.41) is 0. The highest BCUT2D eigenvalue weighted by Gasteiger charge is 2.34. The van der Waals surface area contributed by atoms with E-state index < -0.39 is 10.0 Å². The first kappa shape index (κ1) is 18.8. The van der Waals surface area contributed by atoms with Gasteiger partial charge in [-0.1, -0.05) is 31.0 Å². The summed E-state index contributed by atoms with van der Waals surface area (Å²) in [7, 11) is -2.10. The molecular weight excluding hydrogens is 428 g/mol. The number of nitrogens with one attached hydrogen (secondary N) is 1. The molecule has 1 aliphatic carbocycles. The van der Waals surface area contributed by atoms with Crippen molar-refractivity contribution in [2.24, 2.45) is 5.92 Å². The van der Waals surface area contributed by atoms with Crippen LogP contribution >= 0.6 is 15.9 Å². The number of fused-ring (bicyclic) bond motifs is 1. The summed E-state index contributed by atoms with van der Waals surface area (Å²) in [6, 6.07) is 13.2. The maximum atomic E-state index is 13.1. The van der Waals surface area contributed by atoms with Crippen molar-refractivity contribution in [2.45, 2.75) is 36.6 Å². The van der Waals surface area contributed by atoms with Crippen molar-refractivity contribution >= 4 is 37.3 Å². The van der Waals surface area contributed by atoms with Crippen LogP contribution in [0, 0.1) is 5.92 Å². The molecule has 1 fully saturated rings. The van der Waals surface area contributed by atoms with Crippen LogP contribution in [0.15, 0.2) is 51.8 Å². The minimum absolute atomic E-state index is 0.132. The van der Waals surface area contributed by atoms with E-state index in [0.717, 1.165) is 28.9 Å². The summed E-state index contributed by atoms with van der Waals surface area (Å²) in [5.74, 6) is 1.27. The van der Waals surface area contributed by atoms with Crippen LogP contribution in [-0.4, -0.2) is 28.1 Å². The third-order valence-electron chi connectivity index (χ3n) is 5.23. The highest BCUT2D eigenvalue weighted by molar-refractivity contribution is 9.10. The zero-order valence-corrected chi connectivity index (χ0v) is 17.6. The number of hydrogen-bond donors (Lipinski definition) is 1. The lowest BCUT2D eigenvalue weighted by atomic mass is 10.1. The summed E-state index contributed by atoms with van der Waals surface area (Å²) in [4.78, 5) is 2.34. The Labute approximate surface area is 168 Å². The second-order valence-electron chi connectivity index (χ2n) is 7.24. The number of ether oxygens (including phenoxy) is 1. The van der Waals surface area contributed by atoms with Gasteiger partial charge in [-0.2, -0.15) is 0 Å². The Hall–Kier alpha value is -1.57. The van der Waals surface area contributed by atoms with Gasteiger partial charge in [0, 0.05) is 24.3 Å². The third kappa shape index (κ3) is 4.00. The van der Waals surface area contributed by atoms with E-state index in [1.54, 1.807) is 6.07 Å². The van der Waals surface area contributed by atoms with Crippen molar-refractivity contribution in [1.82, 2.24) is 4.72 Å². The lowest BCUT2D eigenvalue weighted by Gasteiger charge is -2.27. The zero-order chi connectivity index (χ0) is 19.0. The molecule has 1 N–H and O–H groups in total. The van der Waals surface area contributed by atoms with Crippen LogP contribution in [-0.2, 0) is 10.0 Å². The molecule has 5 nitrogen and oxygen atoms in total. The van der Waals surface area contributed by atoms with Gasteiger partial charge in [0.25, 0.3) is 0 Å². The van der Waals surface area contributed by atoms with Crippen LogP contribution in [0.3, 0.4) is 0 Å². The van der Waals surface area contributed by atoms with E-state index >= 15 is 0 Å². The first-order valence-electron chi connectivity index (χ1n) is 9.20. The standard InChI is InChI=1S/C20H23BrN2O3S/c1-26-19-12-20-18(11-17(19)21)23(16-5-3-2-4-6-16)13-15(22-27(20,24)25)10-9-14-7-8-14/h2-6,11-12,14-15,22H,7-10,13H2,1H3. The second kappa shape index (κ2) is 7.45. The Morgan fingerprint density at radius 1 is 1.19 bits per heavy atom. The average Bonchev–Trinajstić information content (AvgIpc) is 3.48. The van der Waals surface area contributed by atoms with Crippen LogP contribution in [0.5, 0.6) is 5.75 Å². The van der Waals surface area contributed by atoms with E-state index in [1.807, 2.05) is 36.4 Å². The predicted molar refractivity (Wildman–Crippen MR) is 110 cm³/mol. The molecule has 2 aromatic carbocycles.